The van der Waals surface area contributed by atoms with Gasteiger partial charge in [-0.25, -0.2) is 0 Å². The number of carbonyl (C=O) groups excluding carboxylic acids is 2. The van der Waals surface area contributed by atoms with Gasteiger partial charge in [-0.05, 0) is 49.1 Å². The highest BCUT2D eigenvalue weighted by atomic mass is 16.5. The molecule has 6 nitrogen and oxygen atoms in total. The molecule has 2 atom stereocenters. The molecule has 0 saturated heterocycles. The van der Waals surface area contributed by atoms with Crippen LogP contribution in [-0.2, 0) is 16.0 Å². The van der Waals surface area contributed by atoms with E-state index in [0.29, 0.717) is 24.4 Å². The lowest BCUT2D eigenvalue weighted by Gasteiger charge is -2.11. The maximum Gasteiger partial charge on any atom is 0.228 e. The highest BCUT2D eigenvalue weighted by molar-refractivity contribution is 6.00. The fourth-order valence-electron chi connectivity index (χ4n) is 3.71. The molecule has 1 saturated carbocycles. The van der Waals surface area contributed by atoms with Crippen molar-refractivity contribution in [3.63, 3.8) is 0 Å². The van der Waals surface area contributed by atoms with Crippen LogP contribution < -0.4 is 15.4 Å². The zero-order valence-corrected chi connectivity index (χ0v) is 16.6. The number of aromatic amines is 1. The Kier molecular flexibility index (Phi) is 5.25. The molecule has 1 aliphatic rings. The van der Waals surface area contributed by atoms with Crippen LogP contribution in [0.4, 0.5) is 5.69 Å². The Morgan fingerprint density at radius 3 is 2.76 bits per heavy atom. The van der Waals surface area contributed by atoms with E-state index in [9.17, 15) is 9.59 Å². The number of fused-ring (bicyclic) bond motifs is 1. The molecule has 2 amide bonds. The minimum absolute atomic E-state index is 0.0544. The van der Waals surface area contributed by atoms with Crippen molar-refractivity contribution < 1.29 is 14.3 Å². The minimum atomic E-state index is -0.284. The lowest BCUT2D eigenvalue weighted by atomic mass is 10.1. The summed E-state index contributed by atoms with van der Waals surface area (Å²) in [6.07, 6.45) is 3.32. The second kappa shape index (κ2) is 7.99. The van der Waals surface area contributed by atoms with Gasteiger partial charge in [-0.3, -0.25) is 9.59 Å². The van der Waals surface area contributed by atoms with E-state index >= 15 is 0 Å². The fraction of sp³-hybridized carbons (Fsp3) is 0.304. The van der Waals surface area contributed by atoms with Crippen LogP contribution in [0.2, 0.25) is 0 Å². The Morgan fingerprint density at radius 1 is 1.14 bits per heavy atom. The van der Waals surface area contributed by atoms with Gasteiger partial charge >= 0.3 is 0 Å². The van der Waals surface area contributed by atoms with E-state index in [4.69, 9.17) is 4.74 Å². The number of nitrogens with one attached hydrogen (secondary N) is 3. The molecule has 0 radical (unpaired) electrons. The summed E-state index contributed by atoms with van der Waals surface area (Å²) in [7, 11) is 1.57. The number of ether oxygens (including phenoxy) is 1. The average Bonchev–Trinajstić information content (AvgIpc) is 3.43. The summed E-state index contributed by atoms with van der Waals surface area (Å²) >= 11 is 0. The Hall–Kier alpha value is -3.28. The number of methoxy groups -OCH3 is 1. The number of hydrogen-bond donors (Lipinski definition) is 3. The molecular weight excluding hydrogens is 366 g/mol. The van der Waals surface area contributed by atoms with Crippen LogP contribution in [0.3, 0.4) is 0 Å². The van der Waals surface area contributed by atoms with E-state index in [0.717, 1.165) is 17.5 Å². The predicted molar refractivity (Wildman–Crippen MR) is 113 cm³/mol. The van der Waals surface area contributed by atoms with E-state index in [1.165, 1.54) is 10.9 Å². The Bertz CT molecular complexity index is 1060. The molecule has 0 spiro atoms. The van der Waals surface area contributed by atoms with Crippen LogP contribution >= 0.6 is 0 Å². The Balaban J connectivity index is 1.28. The molecule has 2 unspecified atom stereocenters. The van der Waals surface area contributed by atoms with Gasteiger partial charge in [-0.15, -0.1) is 0 Å². The molecule has 3 N–H and O–H groups in total. The highest BCUT2D eigenvalue weighted by Crippen LogP contribution is 2.40. The summed E-state index contributed by atoms with van der Waals surface area (Å²) in [5, 5.41) is 7.05. The van der Waals surface area contributed by atoms with Crippen molar-refractivity contribution >= 4 is 28.4 Å². The number of aryl methyl sites for hydroxylation is 1. The molecule has 0 aliphatic heterocycles. The van der Waals surface area contributed by atoms with Crippen molar-refractivity contribution in [3.8, 4) is 5.75 Å². The summed E-state index contributed by atoms with van der Waals surface area (Å²) < 4.78 is 5.30. The number of hydrogen-bond acceptors (Lipinski definition) is 3. The third-order valence-corrected chi connectivity index (χ3v) is 5.45. The van der Waals surface area contributed by atoms with Crippen molar-refractivity contribution in [3.05, 3.63) is 59.8 Å². The molecular formula is C23H25N3O3. The third kappa shape index (κ3) is 4.11. The number of carbonyl (C=O) groups is 2. The fourth-order valence-corrected chi connectivity index (χ4v) is 3.71. The predicted octanol–water partition coefficient (Wildman–Crippen LogP) is 3.42. The zero-order chi connectivity index (χ0) is 20.4. The van der Waals surface area contributed by atoms with E-state index < -0.39 is 0 Å². The second-order valence-electron chi connectivity index (χ2n) is 7.54. The molecule has 29 heavy (non-hydrogen) atoms. The number of para-hydroxylation sites is 1. The number of rotatable bonds is 7. The first-order valence-corrected chi connectivity index (χ1v) is 9.85. The van der Waals surface area contributed by atoms with Gasteiger partial charge in [0.25, 0.3) is 0 Å². The van der Waals surface area contributed by atoms with Crippen molar-refractivity contribution in [1.82, 2.24) is 10.3 Å². The third-order valence-electron chi connectivity index (χ3n) is 5.45. The van der Waals surface area contributed by atoms with Crippen LogP contribution in [0, 0.1) is 18.8 Å². The topological polar surface area (TPSA) is 83.2 Å². The molecule has 4 rings (SSSR count). The van der Waals surface area contributed by atoms with Crippen LogP contribution in [0.1, 0.15) is 17.5 Å². The molecule has 0 bridgehead atoms. The molecule has 3 aromatic rings. The Labute approximate surface area is 169 Å². The van der Waals surface area contributed by atoms with Gasteiger partial charge in [0, 0.05) is 23.6 Å². The standard InChI is InChI=1S/C23H25N3O3/c1-14-7-8-21(29-2)20(11-14)26-23(28)18-12-17(18)22(27)24-10-9-15-13-25-19-6-4-3-5-16(15)19/h3-8,11,13,17-18,25H,9-10,12H2,1-2H3,(H,24,27)(H,26,28). The van der Waals surface area contributed by atoms with Crippen molar-refractivity contribution in [2.24, 2.45) is 11.8 Å². The number of benzene rings is 2. The second-order valence-corrected chi connectivity index (χ2v) is 7.54. The number of anilines is 1. The van der Waals surface area contributed by atoms with Crippen molar-refractivity contribution in [2.45, 2.75) is 19.8 Å². The number of H-pyrrole nitrogens is 1. The summed E-state index contributed by atoms with van der Waals surface area (Å²) in [5.41, 5.74) is 3.95. The van der Waals surface area contributed by atoms with Gasteiger partial charge in [0.2, 0.25) is 11.8 Å². The van der Waals surface area contributed by atoms with Crippen LogP contribution in [-0.4, -0.2) is 30.5 Å². The smallest absolute Gasteiger partial charge is 0.228 e. The van der Waals surface area contributed by atoms with Crippen LogP contribution in [0.15, 0.2) is 48.7 Å². The van der Waals surface area contributed by atoms with Gasteiger partial charge in [0.1, 0.15) is 5.75 Å². The number of amides is 2. The maximum atomic E-state index is 12.5. The van der Waals surface area contributed by atoms with Crippen LogP contribution in [0.5, 0.6) is 5.75 Å². The summed E-state index contributed by atoms with van der Waals surface area (Å²) in [6.45, 7) is 2.51. The molecule has 150 valence electrons. The summed E-state index contributed by atoms with van der Waals surface area (Å²) in [5.74, 6) is -0.113. The highest BCUT2D eigenvalue weighted by Gasteiger charge is 2.48. The normalized spacial score (nSPS) is 17.7. The first-order chi connectivity index (χ1) is 14.1. The molecule has 1 fully saturated rings. The van der Waals surface area contributed by atoms with E-state index in [1.807, 2.05) is 49.5 Å². The first kappa shape index (κ1) is 19.1. The quantitative estimate of drug-likeness (QED) is 0.577. The van der Waals surface area contributed by atoms with E-state index in [-0.39, 0.29) is 23.7 Å². The lowest BCUT2D eigenvalue weighted by molar-refractivity contribution is -0.125. The van der Waals surface area contributed by atoms with Gasteiger partial charge in [-0.1, -0.05) is 24.3 Å². The monoisotopic (exact) mass is 391 g/mol. The minimum Gasteiger partial charge on any atom is -0.495 e. The van der Waals surface area contributed by atoms with Gasteiger partial charge in [0.15, 0.2) is 0 Å². The zero-order valence-electron chi connectivity index (χ0n) is 16.6. The SMILES string of the molecule is COc1ccc(C)cc1NC(=O)C1CC1C(=O)NCCc1c[nH]c2ccccc12. The maximum absolute atomic E-state index is 12.5. The van der Waals surface area contributed by atoms with Gasteiger partial charge < -0.3 is 20.4 Å². The van der Waals surface area contributed by atoms with Gasteiger partial charge in [0.05, 0.1) is 24.6 Å². The lowest BCUT2D eigenvalue weighted by Crippen LogP contribution is -2.29. The first-order valence-electron chi connectivity index (χ1n) is 9.85. The van der Waals surface area contributed by atoms with E-state index in [2.05, 4.69) is 21.7 Å². The van der Waals surface area contributed by atoms with Crippen molar-refractivity contribution in [2.75, 3.05) is 19.0 Å². The molecule has 6 heteroatoms. The number of aromatic nitrogens is 1. The molecule has 1 heterocycles. The Morgan fingerprint density at radius 2 is 1.93 bits per heavy atom. The van der Waals surface area contributed by atoms with Gasteiger partial charge in [-0.2, -0.15) is 0 Å². The molecule has 1 aliphatic carbocycles. The molecule has 2 aromatic carbocycles. The van der Waals surface area contributed by atoms with E-state index in [1.54, 1.807) is 7.11 Å². The molecule has 1 aromatic heterocycles. The van der Waals surface area contributed by atoms with Crippen LogP contribution in [0.25, 0.3) is 10.9 Å². The summed E-state index contributed by atoms with van der Waals surface area (Å²) in [6, 6.07) is 13.7. The average molecular weight is 391 g/mol. The van der Waals surface area contributed by atoms with Crippen molar-refractivity contribution in [1.29, 1.82) is 0 Å². The summed E-state index contributed by atoms with van der Waals surface area (Å²) in [4.78, 5) is 28.2. The largest absolute Gasteiger partial charge is 0.495 e.